The van der Waals surface area contributed by atoms with Crippen LogP contribution in [0.3, 0.4) is 0 Å². The molecule has 0 radical (unpaired) electrons. The standard InChI is InChI=1S/C23H21N2.HI/c1-24-14-25(19-9-8-15-4-2-3-5-16(15)11-19)23-13-21-18-7-6-17(10-18)20(21)12-22(23)24;/h2-5,8-9,11-14,17-18H,6-7,10H2,1H3;1H/q+1;. The first kappa shape index (κ1) is 16.3. The lowest BCUT2D eigenvalue weighted by Crippen LogP contribution is -2.25. The van der Waals surface area contributed by atoms with Crippen LogP contribution in [0.4, 0.5) is 0 Å². The second-order valence-corrected chi connectivity index (χ2v) is 7.80. The molecule has 1 heterocycles. The average molecular weight is 453 g/mol. The van der Waals surface area contributed by atoms with E-state index in [1.54, 1.807) is 11.1 Å². The third-order valence-electron chi connectivity index (χ3n) is 6.43. The summed E-state index contributed by atoms with van der Waals surface area (Å²) in [6, 6.07) is 20.3. The molecule has 0 amide bonds. The Kier molecular flexibility index (Phi) is 3.64. The summed E-state index contributed by atoms with van der Waals surface area (Å²) >= 11 is 0. The predicted octanol–water partition coefficient (Wildman–Crippen LogP) is 5.59. The van der Waals surface area contributed by atoms with E-state index in [0.29, 0.717) is 0 Å². The van der Waals surface area contributed by atoms with Gasteiger partial charge in [0.2, 0.25) is 6.33 Å². The van der Waals surface area contributed by atoms with Crippen LogP contribution in [0.1, 0.15) is 42.2 Å². The zero-order valence-corrected chi connectivity index (χ0v) is 17.2. The number of halogens is 1. The van der Waals surface area contributed by atoms with Crippen molar-refractivity contribution >= 4 is 45.8 Å². The lowest BCUT2D eigenvalue weighted by molar-refractivity contribution is -0.645. The highest BCUT2D eigenvalue weighted by Crippen LogP contribution is 2.53. The van der Waals surface area contributed by atoms with E-state index in [-0.39, 0.29) is 24.0 Å². The fourth-order valence-corrected chi connectivity index (χ4v) is 5.17. The molecule has 0 N–H and O–H groups in total. The van der Waals surface area contributed by atoms with Gasteiger partial charge in [0.1, 0.15) is 5.69 Å². The summed E-state index contributed by atoms with van der Waals surface area (Å²) in [5.41, 5.74) is 7.16. The fourth-order valence-electron chi connectivity index (χ4n) is 5.17. The number of aryl methyl sites for hydroxylation is 1. The molecule has 2 aliphatic rings. The Hall–Kier alpha value is -1.88. The smallest absolute Gasteiger partial charge is 0.232 e. The lowest BCUT2D eigenvalue weighted by Gasteiger charge is -2.14. The SMILES string of the molecule is C[n+]1cn(-c2ccc3ccccc3c2)c2cc3c(cc21)C1CCC3C1.I. The van der Waals surface area contributed by atoms with Crippen LogP contribution in [-0.2, 0) is 7.05 Å². The molecule has 6 rings (SSSR count). The van der Waals surface area contributed by atoms with Gasteiger partial charge in [-0.1, -0.05) is 30.3 Å². The van der Waals surface area contributed by atoms with Gasteiger partial charge >= 0.3 is 0 Å². The predicted molar refractivity (Wildman–Crippen MR) is 117 cm³/mol. The van der Waals surface area contributed by atoms with E-state index in [1.165, 1.54) is 46.8 Å². The molecule has 0 saturated heterocycles. The van der Waals surface area contributed by atoms with Crippen molar-refractivity contribution in [2.75, 3.05) is 0 Å². The van der Waals surface area contributed by atoms with Gasteiger partial charge in [-0.05, 0) is 77.3 Å². The first-order chi connectivity index (χ1) is 12.3. The van der Waals surface area contributed by atoms with Crippen LogP contribution in [0, 0.1) is 0 Å². The molecular weight excluding hydrogens is 431 g/mol. The number of rotatable bonds is 1. The van der Waals surface area contributed by atoms with Gasteiger partial charge in [-0.15, -0.1) is 24.0 Å². The minimum absolute atomic E-state index is 0. The van der Waals surface area contributed by atoms with E-state index in [1.807, 2.05) is 0 Å². The maximum absolute atomic E-state index is 2.48. The maximum atomic E-state index is 2.48. The number of hydrogen-bond acceptors (Lipinski definition) is 0. The molecule has 0 aliphatic heterocycles. The molecule has 4 aromatic rings. The first-order valence-electron chi connectivity index (χ1n) is 9.31. The molecule has 1 fully saturated rings. The van der Waals surface area contributed by atoms with Gasteiger partial charge in [0.25, 0.3) is 0 Å². The largest absolute Gasteiger partial charge is 0.249 e. The van der Waals surface area contributed by atoms with Crippen molar-refractivity contribution in [2.24, 2.45) is 7.05 Å². The van der Waals surface area contributed by atoms with Crippen LogP contribution in [-0.4, -0.2) is 4.57 Å². The fraction of sp³-hybridized carbons (Fsp3) is 0.261. The van der Waals surface area contributed by atoms with Crippen LogP contribution >= 0.6 is 24.0 Å². The van der Waals surface area contributed by atoms with E-state index in [2.05, 4.69) is 77.1 Å². The van der Waals surface area contributed by atoms with E-state index in [9.17, 15) is 0 Å². The van der Waals surface area contributed by atoms with Crippen molar-refractivity contribution in [2.45, 2.75) is 31.1 Å². The third kappa shape index (κ3) is 2.19. The lowest BCUT2D eigenvalue weighted by atomic mass is 9.91. The van der Waals surface area contributed by atoms with Gasteiger partial charge < -0.3 is 0 Å². The summed E-state index contributed by atoms with van der Waals surface area (Å²) < 4.78 is 4.63. The van der Waals surface area contributed by atoms with Crippen molar-refractivity contribution in [1.29, 1.82) is 0 Å². The Morgan fingerprint density at radius 3 is 2.42 bits per heavy atom. The van der Waals surface area contributed by atoms with E-state index >= 15 is 0 Å². The third-order valence-corrected chi connectivity index (χ3v) is 6.43. The highest BCUT2D eigenvalue weighted by molar-refractivity contribution is 14.0. The van der Waals surface area contributed by atoms with Gasteiger partial charge in [0, 0.05) is 0 Å². The summed E-state index contributed by atoms with van der Waals surface area (Å²) in [4.78, 5) is 0. The Labute approximate surface area is 170 Å². The molecule has 2 unspecified atom stereocenters. The van der Waals surface area contributed by atoms with Crippen molar-refractivity contribution in [3.8, 4) is 5.69 Å². The molecule has 2 bridgehead atoms. The molecule has 26 heavy (non-hydrogen) atoms. The van der Waals surface area contributed by atoms with Gasteiger partial charge in [-0.3, -0.25) is 0 Å². The van der Waals surface area contributed by atoms with Crippen LogP contribution in [0.25, 0.3) is 27.5 Å². The van der Waals surface area contributed by atoms with Crippen molar-refractivity contribution in [1.82, 2.24) is 4.57 Å². The van der Waals surface area contributed by atoms with Crippen molar-refractivity contribution in [3.05, 3.63) is 72.1 Å². The Balaban J connectivity index is 0.00000150. The topological polar surface area (TPSA) is 8.81 Å². The molecule has 0 spiro atoms. The number of benzene rings is 3. The molecule has 3 heteroatoms. The van der Waals surface area contributed by atoms with Crippen molar-refractivity contribution in [3.63, 3.8) is 0 Å². The van der Waals surface area contributed by atoms with Crippen molar-refractivity contribution < 1.29 is 4.57 Å². The van der Waals surface area contributed by atoms with Gasteiger partial charge in [0.05, 0.1) is 7.05 Å². The molecule has 2 atom stereocenters. The van der Waals surface area contributed by atoms with Gasteiger partial charge in [0.15, 0.2) is 11.0 Å². The monoisotopic (exact) mass is 453 g/mol. The summed E-state index contributed by atoms with van der Waals surface area (Å²) in [5, 5.41) is 2.59. The van der Waals surface area contributed by atoms with Crippen LogP contribution < -0.4 is 4.57 Å². The van der Waals surface area contributed by atoms with Gasteiger partial charge in [-0.25, -0.2) is 4.57 Å². The molecule has 2 aliphatic carbocycles. The Morgan fingerprint density at radius 2 is 1.62 bits per heavy atom. The van der Waals surface area contributed by atoms with E-state index < -0.39 is 0 Å². The Morgan fingerprint density at radius 1 is 0.885 bits per heavy atom. The van der Waals surface area contributed by atoms with Gasteiger partial charge in [-0.2, -0.15) is 4.57 Å². The molecule has 2 nitrogen and oxygen atoms in total. The average Bonchev–Trinajstić information content (AvgIpc) is 3.34. The number of fused-ring (bicyclic) bond motifs is 7. The number of imidazole rings is 1. The summed E-state index contributed by atoms with van der Waals surface area (Å²) in [7, 11) is 2.17. The van der Waals surface area contributed by atoms with E-state index in [0.717, 1.165) is 11.8 Å². The highest BCUT2D eigenvalue weighted by atomic mass is 127. The number of hydrogen-bond donors (Lipinski definition) is 0. The van der Waals surface area contributed by atoms with Crippen LogP contribution in [0.2, 0.25) is 0 Å². The molecular formula is C23H22IN2+. The summed E-state index contributed by atoms with van der Waals surface area (Å²) in [5.74, 6) is 1.61. The zero-order valence-electron chi connectivity index (χ0n) is 14.9. The maximum Gasteiger partial charge on any atom is 0.249 e. The normalized spacial score (nSPS) is 20.5. The van der Waals surface area contributed by atoms with E-state index in [4.69, 9.17) is 0 Å². The summed E-state index contributed by atoms with van der Waals surface area (Å²) in [6.07, 6.45) is 6.37. The van der Waals surface area contributed by atoms with Crippen LogP contribution in [0.5, 0.6) is 0 Å². The second kappa shape index (κ2) is 5.81. The number of aromatic nitrogens is 2. The Bertz CT molecular complexity index is 1160. The minimum Gasteiger partial charge on any atom is -0.232 e. The molecule has 130 valence electrons. The molecule has 3 aromatic carbocycles. The second-order valence-electron chi connectivity index (χ2n) is 7.80. The van der Waals surface area contributed by atoms with Crippen LogP contribution in [0.15, 0.2) is 60.9 Å². The zero-order chi connectivity index (χ0) is 16.5. The quantitative estimate of drug-likeness (QED) is 0.263. The number of nitrogens with zero attached hydrogens (tertiary/aromatic N) is 2. The first-order valence-corrected chi connectivity index (χ1v) is 9.31. The minimum atomic E-state index is 0. The summed E-state index contributed by atoms with van der Waals surface area (Å²) in [6.45, 7) is 0. The molecule has 1 saturated carbocycles. The molecule has 1 aromatic heterocycles. The highest BCUT2D eigenvalue weighted by Gasteiger charge is 2.38.